The summed E-state index contributed by atoms with van der Waals surface area (Å²) in [7, 11) is 0. The van der Waals surface area contributed by atoms with Crippen molar-refractivity contribution in [2.75, 3.05) is 11.9 Å². The number of carbonyl (C=O) groups excluding carboxylic acids is 2. The van der Waals surface area contributed by atoms with E-state index in [9.17, 15) is 9.59 Å². The minimum atomic E-state index is -0.366. The first-order valence-corrected chi connectivity index (χ1v) is 9.01. The second-order valence-corrected chi connectivity index (χ2v) is 6.75. The normalized spacial score (nSPS) is 12.9. The molecule has 0 unspecified atom stereocenters. The monoisotopic (exact) mass is 353 g/mol. The Bertz CT molecular complexity index is 755. The number of anilines is 1. The maximum atomic E-state index is 12.6. The number of esters is 1. The smallest absolute Gasteiger partial charge is 0.314 e. The Balaban J connectivity index is 2.01. The molecule has 0 radical (unpaired) electrons. The van der Waals surface area contributed by atoms with E-state index in [0.717, 1.165) is 28.8 Å². The first kappa shape index (κ1) is 19.7. The Morgan fingerprint density at radius 3 is 2.42 bits per heavy atom. The summed E-state index contributed by atoms with van der Waals surface area (Å²) in [4.78, 5) is 24.8. The van der Waals surface area contributed by atoms with Gasteiger partial charge in [0.15, 0.2) is 6.61 Å². The average Bonchev–Trinajstić information content (AvgIpc) is 2.64. The Morgan fingerprint density at radius 1 is 1.08 bits per heavy atom. The molecule has 0 aromatic heterocycles. The van der Waals surface area contributed by atoms with Crippen molar-refractivity contribution in [2.45, 2.75) is 40.0 Å². The van der Waals surface area contributed by atoms with E-state index in [2.05, 4.69) is 5.32 Å². The van der Waals surface area contributed by atoms with E-state index < -0.39 is 0 Å². The van der Waals surface area contributed by atoms with Gasteiger partial charge in [-0.15, -0.1) is 0 Å². The number of nitrogens with one attached hydrogen (secondary N) is 1. The first-order chi connectivity index (χ1) is 12.4. The Labute approximate surface area is 155 Å². The molecule has 0 spiro atoms. The maximum absolute atomic E-state index is 12.6. The molecule has 1 amide bonds. The van der Waals surface area contributed by atoms with E-state index in [4.69, 9.17) is 4.74 Å². The molecule has 4 nitrogen and oxygen atoms in total. The SMILES string of the molecule is CC[C@H](C)[C@@H](C(=O)OCC(=O)Nc1cc(C)ccc1C)c1ccccc1. The summed E-state index contributed by atoms with van der Waals surface area (Å²) in [5.41, 5.74) is 3.69. The van der Waals surface area contributed by atoms with Crippen LogP contribution in [-0.4, -0.2) is 18.5 Å². The van der Waals surface area contributed by atoms with Gasteiger partial charge in [-0.05, 0) is 42.5 Å². The fraction of sp³-hybridized carbons (Fsp3) is 0.364. The van der Waals surface area contributed by atoms with Gasteiger partial charge >= 0.3 is 5.97 Å². The molecule has 1 N–H and O–H groups in total. The summed E-state index contributed by atoms with van der Waals surface area (Å²) in [6.07, 6.45) is 0.851. The molecule has 0 aliphatic rings. The minimum Gasteiger partial charge on any atom is -0.455 e. The van der Waals surface area contributed by atoms with Crippen LogP contribution in [0.3, 0.4) is 0 Å². The third-order valence-corrected chi connectivity index (χ3v) is 4.64. The number of ether oxygens (including phenoxy) is 1. The second-order valence-electron chi connectivity index (χ2n) is 6.75. The Kier molecular flexibility index (Phi) is 6.96. The van der Waals surface area contributed by atoms with Crippen molar-refractivity contribution in [3.05, 3.63) is 65.2 Å². The predicted molar refractivity (Wildman–Crippen MR) is 104 cm³/mol. The number of rotatable bonds is 7. The molecule has 2 rings (SSSR count). The fourth-order valence-corrected chi connectivity index (χ4v) is 2.88. The van der Waals surface area contributed by atoms with Crippen molar-refractivity contribution in [1.29, 1.82) is 0 Å². The van der Waals surface area contributed by atoms with Crippen LogP contribution in [0.25, 0.3) is 0 Å². The van der Waals surface area contributed by atoms with Crippen molar-refractivity contribution in [3.63, 3.8) is 0 Å². The molecule has 4 heteroatoms. The third kappa shape index (κ3) is 5.19. The van der Waals surface area contributed by atoms with Gasteiger partial charge in [0.2, 0.25) is 0 Å². The van der Waals surface area contributed by atoms with Crippen molar-refractivity contribution in [2.24, 2.45) is 5.92 Å². The first-order valence-electron chi connectivity index (χ1n) is 9.01. The number of hydrogen-bond acceptors (Lipinski definition) is 3. The lowest BCUT2D eigenvalue weighted by atomic mass is 9.86. The van der Waals surface area contributed by atoms with E-state index in [1.54, 1.807) is 0 Å². The quantitative estimate of drug-likeness (QED) is 0.739. The number of aryl methyl sites for hydroxylation is 2. The molecule has 138 valence electrons. The van der Waals surface area contributed by atoms with Crippen molar-refractivity contribution in [3.8, 4) is 0 Å². The zero-order valence-electron chi connectivity index (χ0n) is 15.9. The van der Waals surface area contributed by atoms with Crippen LogP contribution in [0.15, 0.2) is 48.5 Å². The molecule has 0 aliphatic heterocycles. The van der Waals surface area contributed by atoms with Gasteiger partial charge in [-0.2, -0.15) is 0 Å². The van der Waals surface area contributed by atoms with Crippen molar-refractivity contribution >= 4 is 17.6 Å². The predicted octanol–water partition coefficient (Wildman–Crippen LogP) is 4.62. The van der Waals surface area contributed by atoms with E-state index in [0.29, 0.717) is 0 Å². The molecule has 2 aromatic carbocycles. The van der Waals surface area contributed by atoms with Crippen LogP contribution >= 0.6 is 0 Å². The van der Waals surface area contributed by atoms with Crippen molar-refractivity contribution < 1.29 is 14.3 Å². The van der Waals surface area contributed by atoms with Gasteiger partial charge in [-0.3, -0.25) is 9.59 Å². The van der Waals surface area contributed by atoms with Gasteiger partial charge in [-0.1, -0.05) is 62.7 Å². The van der Waals surface area contributed by atoms with Gasteiger partial charge in [0.1, 0.15) is 0 Å². The van der Waals surface area contributed by atoms with Gasteiger partial charge in [0.25, 0.3) is 5.91 Å². The van der Waals surface area contributed by atoms with Crippen LogP contribution in [0.4, 0.5) is 5.69 Å². The number of hydrogen-bond donors (Lipinski definition) is 1. The summed E-state index contributed by atoms with van der Waals surface area (Å²) in [5, 5.41) is 2.81. The molecule has 0 saturated heterocycles. The molecule has 26 heavy (non-hydrogen) atoms. The van der Waals surface area contributed by atoms with Crippen LogP contribution in [0.5, 0.6) is 0 Å². The second kappa shape index (κ2) is 9.18. The lowest BCUT2D eigenvalue weighted by molar-refractivity contribution is -0.150. The van der Waals surface area contributed by atoms with Gasteiger partial charge in [0, 0.05) is 5.69 Å². The van der Waals surface area contributed by atoms with E-state index in [1.807, 2.05) is 76.2 Å². The Hall–Kier alpha value is -2.62. The summed E-state index contributed by atoms with van der Waals surface area (Å²) >= 11 is 0. The lowest BCUT2D eigenvalue weighted by Crippen LogP contribution is -2.27. The topological polar surface area (TPSA) is 55.4 Å². The summed E-state index contributed by atoms with van der Waals surface area (Å²) in [6, 6.07) is 15.4. The largest absolute Gasteiger partial charge is 0.455 e. The highest BCUT2D eigenvalue weighted by molar-refractivity contribution is 5.94. The van der Waals surface area contributed by atoms with Crippen LogP contribution < -0.4 is 5.32 Å². The van der Waals surface area contributed by atoms with Gasteiger partial charge < -0.3 is 10.1 Å². The summed E-state index contributed by atoms with van der Waals surface area (Å²) < 4.78 is 5.33. The molecular formula is C22H27NO3. The number of amides is 1. The standard InChI is InChI=1S/C22H27NO3/c1-5-16(3)21(18-9-7-6-8-10-18)22(25)26-14-20(24)23-19-13-15(2)11-12-17(19)4/h6-13,16,21H,5,14H2,1-4H3,(H,23,24)/t16-,21+/m0/s1. The molecule has 2 atom stereocenters. The highest BCUT2D eigenvalue weighted by Gasteiger charge is 2.27. The van der Waals surface area contributed by atoms with Crippen LogP contribution in [0.2, 0.25) is 0 Å². The molecule has 0 aliphatic carbocycles. The third-order valence-electron chi connectivity index (χ3n) is 4.64. The fourth-order valence-electron chi connectivity index (χ4n) is 2.88. The molecule has 2 aromatic rings. The lowest BCUT2D eigenvalue weighted by Gasteiger charge is -2.21. The van der Waals surface area contributed by atoms with E-state index in [1.165, 1.54) is 0 Å². The zero-order chi connectivity index (χ0) is 19.1. The zero-order valence-corrected chi connectivity index (χ0v) is 15.9. The van der Waals surface area contributed by atoms with Crippen LogP contribution in [-0.2, 0) is 14.3 Å². The Morgan fingerprint density at radius 2 is 1.77 bits per heavy atom. The summed E-state index contributed by atoms with van der Waals surface area (Å²) in [5.74, 6) is -0.925. The molecule has 0 fully saturated rings. The van der Waals surface area contributed by atoms with E-state index >= 15 is 0 Å². The van der Waals surface area contributed by atoms with Crippen LogP contribution in [0.1, 0.15) is 42.9 Å². The molecule has 0 saturated carbocycles. The van der Waals surface area contributed by atoms with Crippen molar-refractivity contribution in [1.82, 2.24) is 0 Å². The molecular weight excluding hydrogens is 326 g/mol. The van der Waals surface area contributed by atoms with Crippen LogP contribution in [0, 0.1) is 19.8 Å². The average molecular weight is 353 g/mol. The number of carbonyl (C=O) groups is 2. The molecule has 0 heterocycles. The highest BCUT2D eigenvalue weighted by Crippen LogP contribution is 2.28. The summed E-state index contributed by atoms with van der Waals surface area (Å²) in [6.45, 7) is 7.67. The minimum absolute atomic E-state index is 0.131. The van der Waals surface area contributed by atoms with Gasteiger partial charge in [-0.25, -0.2) is 0 Å². The highest BCUT2D eigenvalue weighted by atomic mass is 16.5. The van der Waals surface area contributed by atoms with E-state index in [-0.39, 0.29) is 30.3 Å². The molecule has 0 bridgehead atoms. The number of benzene rings is 2. The van der Waals surface area contributed by atoms with Gasteiger partial charge in [0.05, 0.1) is 5.92 Å². The maximum Gasteiger partial charge on any atom is 0.314 e.